The maximum absolute atomic E-state index is 10.6. The van der Waals surface area contributed by atoms with Crippen molar-refractivity contribution in [1.82, 2.24) is 0 Å². The summed E-state index contributed by atoms with van der Waals surface area (Å²) in [4.78, 5) is 3.81. The molecule has 0 spiro atoms. The molecule has 0 aliphatic rings. The molecule has 0 saturated heterocycles. The molecule has 0 amide bonds. The molecule has 2 rings (SSSR count). The SMILES string of the molecule is Nc1ccc(N(CCO)CC(O)CN(CCO)c2ccc(N)cc2)cc1. The molecule has 0 heterocycles. The molecule has 2 aromatic carbocycles. The number of rotatable bonds is 10. The molecule has 7 nitrogen and oxygen atoms in total. The molecule has 0 saturated carbocycles. The van der Waals surface area contributed by atoms with Crippen molar-refractivity contribution in [3.8, 4) is 0 Å². The van der Waals surface area contributed by atoms with Crippen molar-refractivity contribution in [3.63, 3.8) is 0 Å². The Kier molecular flexibility index (Phi) is 7.53. The average molecular weight is 360 g/mol. The van der Waals surface area contributed by atoms with E-state index in [-0.39, 0.29) is 13.2 Å². The van der Waals surface area contributed by atoms with E-state index >= 15 is 0 Å². The second kappa shape index (κ2) is 9.86. The van der Waals surface area contributed by atoms with Crippen LogP contribution in [0, 0.1) is 0 Å². The van der Waals surface area contributed by atoms with E-state index in [0.717, 1.165) is 11.4 Å². The van der Waals surface area contributed by atoms with Gasteiger partial charge in [0.1, 0.15) is 0 Å². The van der Waals surface area contributed by atoms with E-state index in [2.05, 4.69) is 0 Å². The Morgan fingerprint density at radius 2 is 1.04 bits per heavy atom. The highest BCUT2D eigenvalue weighted by molar-refractivity contribution is 5.54. The predicted octanol–water partition coefficient (Wildman–Crippen LogP) is 0.510. The van der Waals surface area contributed by atoms with Crippen LogP contribution >= 0.6 is 0 Å². The molecule has 0 fully saturated rings. The summed E-state index contributed by atoms with van der Waals surface area (Å²) in [6.45, 7) is 1.47. The molecule has 0 radical (unpaired) electrons. The van der Waals surface area contributed by atoms with Gasteiger partial charge in [0.25, 0.3) is 0 Å². The molecule has 0 aliphatic carbocycles. The van der Waals surface area contributed by atoms with Crippen LogP contribution in [0.3, 0.4) is 0 Å². The largest absolute Gasteiger partial charge is 0.399 e. The lowest BCUT2D eigenvalue weighted by molar-refractivity contribution is 0.180. The second-order valence-electron chi connectivity index (χ2n) is 6.18. The van der Waals surface area contributed by atoms with Crippen molar-refractivity contribution in [2.75, 3.05) is 60.7 Å². The summed E-state index contributed by atoms with van der Waals surface area (Å²) in [5.41, 5.74) is 14.5. The first-order chi connectivity index (χ1) is 12.5. The third-order valence-corrected chi connectivity index (χ3v) is 4.12. The lowest BCUT2D eigenvalue weighted by Gasteiger charge is -2.31. The van der Waals surface area contributed by atoms with Crippen LogP contribution in [0.25, 0.3) is 0 Å². The van der Waals surface area contributed by atoms with Gasteiger partial charge >= 0.3 is 0 Å². The molecule has 0 atom stereocenters. The highest BCUT2D eigenvalue weighted by Crippen LogP contribution is 2.19. The van der Waals surface area contributed by atoms with Crippen LogP contribution in [0.4, 0.5) is 22.7 Å². The minimum absolute atomic E-state index is 0.0184. The van der Waals surface area contributed by atoms with Gasteiger partial charge in [-0.25, -0.2) is 0 Å². The van der Waals surface area contributed by atoms with Gasteiger partial charge in [-0.1, -0.05) is 0 Å². The fourth-order valence-corrected chi connectivity index (χ4v) is 2.83. The number of nitrogen functional groups attached to an aromatic ring is 2. The van der Waals surface area contributed by atoms with Gasteiger partial charge in [-0.3, -0.25) is 0 Å². The zero-order valence-electron chi connectivity index (χ0n) is 14.8. The molecule has 142 valence electrons. The molecule has 26 heavy (non-hydrogen) atoms. The van der Waals surface area contributed by atoms with Crippen LogP contribution in [-0.2, 0) is 0 Å². The van der Waals surface area contributed by atoms with Crippen molar-refractivity contribution in [1.29, 1.82) is 0 Å². The van der Waals surface area contributed by atoms with E-state index in [9.17, 15) is 15.3 Å². The van der Waals surface area contributed by atoms with Gasteiger partial charge in [0, 0.05) is 48.9 Å². The van der Waals surface area contributed by atoms with Gasteiger partial charge in [0.2, 0.25) is 0 Å². The number of hydrogen-bond acceptors (Lipinski definition) is 7. The molecule has 7 heteroatoms. The first-order valence-corrected chi connectivity index (χ1v) is 8.64. The van der Waals surface area contributed by atoms with Gasteiger partial charge < -0.3 is 36.6 Å². The Balaban J connectivity index is 2.05. The Morgan fingerprint density at radius 1 is 0.692 bits per heavy atom. The van der Waals surface area contributed by atoms with Gasteiger partial charge in [0.15, 0.2) is 0 Å². The summed E-state index contributed by atoms with van der Waals surface area (Å²) in [6, 6.07) is 14.6. The molecule has 0 unspecified atom stereocenters. The Labute approximate surface area is 154 Å². The fourth-order valence-electron chi connectivity index (χ4n) is 2.83. The quantitative estimate of drug-likeness (QED) is 0.392. The van der Waals surface area contributed by atoms with E-state index in [1.807, 2.05) is 34.1 Å². The Hall–Kier alpha value is -2.48. The van der Waals surface area contributed by atoms with Gasteiger partial charge in [-0.05, 0) is 48.5 Å². The van der Waals surface area contributed by atoms with Crippen molar-refractivity contribution >= 4 is 22.7 Å². The molecule has 2 aromatic rings. The lowest BCUT2D eigenvalue weighted by Crippen LogP contribution is -2.42. The standard InChI is InChI=1S/C19H28N4O3/c20-15-1-5-17(6-2-15)22(9-11-24)13-19(26)14-23(10-12-25)18-7-3-16(21)4-8-18/h1-8,19,24-26H,9-14,20-21H2. The first-order valence-electron chi connectivity index (χ1n) is 8.64. The van der Waals surface area contributed by atoms with Crippen LogP contribution in [0.15, 0.2) is 48.5 Å². The predicted molar refractivity (Wildman–Crippen MR) is 106 cm³/mol. The molecule has 7 N–H and O–H groups in total. The monoisotopic (exact) mass is 360 g/mol. The normalized spacial score (nSPS) is 10.9. The smallest absolute Gasteiger partial charge is 0.0889 e. The lowest BCUT2D eigenvalue weighted by atomic mass is 10.2. The first kappa shape index (κ1) is 19.8. The zero-order valence-corrected chi connectivity index (χ0v) is 14.8. The van der Waals surface area contributed by atoms with E-state index < -0.39 is 6.10 Å². The van der Waals surface area contributed by atoms with Crippen LogP contribution in [0.2, 0.25) is 0 Å². The third-order valence-electron chi connectivity index (χ3n) is 4.12. The van der Waals surface area contributed by atoms with E-state index in [1.54, 1.807) is 24.3 Å². The third kappa shape index (κ3) is 5.80. The van der Waals surface area contributed by atoms with Crippen LogP contribution in [0.1, 0.15) is 0 Å². The summed E-state index contributed by atoms with van der Waals surface area (Å²) in [7, 11) is 0. The summed E-state index contributed by atoms with van der Waals surface area (Å²) < 4.78 is 0. The van der Waals surface area contributed by atoms with Gasteiger partial charge in [-0.2, -0.15) is 0 Å². The highest BCUT2D eigenvalue weighted by Gasteiger charge is 2.16. The number of benzene rings is 2. The van der Waals surface area contributed by atoms with E-state index in [0.29, 0.717) is 37.6 Å². The number of hydrogen-bond donors (Lipinski definition) is 5. The molecule has 0 aromatic heterocycles. The van der Waals surface area contributed by atoms with E-state index in [1.165, 1.54) is 0 Å². The van der Waals surface area contributed by atoms with Crippen molar-refractivity contribution < 1.29 is 15.3 Å². The molecule has 0 aliphatic heterocycles. The number of anilines is 4. The van der Waals surface area contributed by atoms with Crippen molar-refractivity contribution in [2.24, 2.45) is 0 Å². The number of nitrogens with zero attached hydrogens (tertiary/aromatic N) is 2. The minimum atomic E-state index is -0.678. The summed E-state index contributed by atoms with van der Waals surface area (Å²) >= 11 is 0. The number of aliphatic hydroxyl groups excluding tert-OH is 3. The van der Waals surface area contributed by atoms with Crippen molar-refractivity contribution in [3.05, 3.63) is 48.5 Å². The maximum atomic E-state index is 10.6. The molecular weight excluding hydrogens is 332 g/mol. The maximum Gasteiger partial charge on any atom is 0.0889 e. The fraction of sp³-hybridized carbons (Fsp3) is 0.368. The van der Waals surface area contributed by atoms with Crippen LogP contribution in [0.5, 0.6) is 0 Å². The Morgan fingerprint density at radius 3 is 1.35 bits per heavy atom. The summed E-state index contributed by atoms with van der Waals surface area (Å²) in [5, 5.41) is 29.2. The average Bonchev–Trinajstić information content (AvgIpc) is 2.62. The van der Waals surface area contributed by atoms with Crippen LogP contribution < -0.4 is 21.3 Å². The molecule has 0 bridgehead atoms. The van der Waals surface area contributed by atoms with Gasteiger partial charge in [-0.15, -0.1) is 0 Å². The summed E-state index contributed by atoms with van der Waals surface area (Å²) in [6.07, 6.45) is -0.678. The Bertz CT molecular complexity index is 591. The second-order valence-corrected chi connectivity index (χ2v) is 6.18. The zero-order chi connectivity index (χ0) is 18.9. The highest BCUT2D eigenvalue weighted by atomic mass is 16.3. The van der Waals surface area contributed by atoms with Gasteiger partial charge in [0.05, 0.1) is 19.3 Å². The minimum Gasteiger partial charge on any atom is -0.399 e. The summed E-state index contributed by atoms with van der Waals surface area (Å²) in [5.74, 6) is 0. The molecular formula is C19H28N4O3. The van der Waals surface area contributed by atoms with Crippen molar-refractivity contribution in [2.45, 2.75) is 6.10 Å². The number of aliphatic hydroxyl groups is 3. The van der Waals surface area contributed by atoms with Crippen LogP contribution in [-0.4, -0.2) is 60.8 Å². The van der Waals surface area contributed by atoms with E-state index in [4.69, 9.17) is 11.5 Å². The topological polar surface area (TPSA) is 119 Å². The number of nitrogens with two attached hydrogens (primary N) is 2.